The first kappa shape index (κ1) is 14.2. The zero-order valence-corrected chi connectivity index (χ0v) is 12.5. The van der Waals surface area contributed by atoms with Gasteiger partial charge < -0.3 is 4.74 Å². The van der Waals surface area contributed by atoms with Crippen LogP contribution in [0, 0.1) is 6.92 Å². The average molecular weight is 296 g/mol. The lowest BCUT2D eigenvalue weighted by Gasteiger charge is -2.03. The van der Waals surface area contributed by atoms with E-state index in [0.29, 0.717) is 23.9 Å². The molecule has 0 aliphatic heterocycles. The SMILES string of the molecule is CCOC(=O)Cc1nc(C)n2nc(-c3ccccc3)cc2n1. The van der Waals surface area contributed by atoms with Gasteiger partial charge in [-0.05, 0) is 13.8 Å². The Balaban J connectivity index is 1.98. The number of hydrogen-bond acceptors (Lipinski definition) is 5. The normalized spacial score (nSPS) is 10.8. The van der Waals surface area contributed by atoms with Gasteiger partial charge in [0, 0.05) is 11.6 Å². The highest BCUT2D eigenvalue weighted by Gasteiger charge is 2.12. The fourth-order valence-electron chi connectivity index (χ4n) is 2.25. The first-order valence-corrected chi connectivity index (χ1v) is 7.11. The van der Waals surface area contributed by atoms with Crippen molar-refractivity contribution in [3.05, 3.63) is 48.0 Å². The quantitative estimate of drug-likeness (QED) is 0.690. The largest absolute Gasteiger partial charge is 0.466 e. The Morgan fingerprint density at radius 3 is 2.73 bits per heavy atom. The van der Waals surface area contributed by atoms with E-state index in [1.807, 2.05) is 43.3 Å². The van der Waals surface area contributed by atoms with Crippen molar-refractivity contribution in [1.82, 2.24) is 19.6 Å². The predicted octanol–water partition coefficient (Wildman–Crippen LogP) is 2.21. The van der Waals surface area contributed by atoms with Gasteiger partial charge in [0.1, 0.15) is 18.1 Å². The molecule has 0 saturated carbocycles. The Bertz CT molecular complexity index is 812. The summed E-state index contributed by atoms with van der Waals surface area (Å²) in [5.74, 6) is 0.809. The molecule has 0 radical (unpaired) electrons. The van der Waals surface area contributed by atoms with Gasteiger partial charge in [-0.1, -0.05) is 30.3 Å². The van der Waals surface area contributed by atoms with E-state index in [9.17, 15) is 4.79 Å². The lowest BCUT2D eigenvalue weighted by Crippen LogP contribution is -2.12. The predicted molar refractivity (Wildman–Crippen MR) is 81.3 cm³/mol. The van der Waals surface area contributed by atoms with E-state index in [2.05, 4.69) is 15.1 Å². The summed E-state index contributed by atoms with van der Waals surface area (Å²) in [5, 5.41) is 4.51. The fourth-order valence-corrected chi connectivity index (χ4v) is 2.25. The summed E-state index contributed by atoms with van der Waals surface area (Å²) in [5.41, 5.74) is 2.51. The molecule has 6 nitrogen and oxygen atoms in total. The Labute approximate surface area is 127 Å². The summed E-state index contributed by atoms with van der Waals surface area (Å²) in [6, 6.07) is 11.8. The molecule has 0 spiro atoms. The highest BCUT2D eigenvalue weighted by molar-refractivity contribution is 5.71. The smallest absolute Gasteiger partial charge is 0.313 e. The summed E-state index contributed by atoms with van der Waals surface area (Å²) in [4.78, 5) is 20.3. The molecule has 0 N–H and O–H groups in total. The van der Waals surface area contributed by atoms with Crippen LogP contribution in [0.2, 0.25) is 0 Å². The minimum absolute atomic E-state index is 0.0665. The third-order valence-electron chi connectivity index (χ3n) is 3.21. The molecule has 0 aliphatic carbocycles. The molecule has 0 aliphatic rings. The lowest BCUT2D eigenvalue weighted by atomic mass is 10.2. The molecule has 1 aromatic carbocycles. The van der Waals surface area contributed by atoms with E-state index in [1.165, 1.54) is 0 Å². The second kappa shape index (κ2) is 5.93. The number of esters is 1. The summed E-state index contributed by atoms with van der Waals surface area (Å²) < 4.78 is 6.61. The van der Waals surface area contributed by atoms with Gasteiger partial charge in [-0.25, -0.2) is 14.5 Å². The number of rotatable bonds is 4. The van der Waals surface area contributed by atoms with E-state index in [0.717, 1.165) is 11.3 Å². The van der Waals surface area contributed by atoms with Crippen LogP contribution in [0.4, 0.5) is 0 Å². The van der Waals surface area contributed by atoms with Crippen LogP contribution in [0.5, 0.6) is 0 Å². The molecule has 0 unspecified atom stereocenters. The molecule has 3 rings (SSSR count). The first-order chi connectivity index (χ1) is 10.7. The van der Waals surface area contributed by atoms with Crippen LogP contribution in [0.1, 0.15) is 18.6 Å². The van der Waals surface area contributed by atoms with Gasteiger partial charge in [-0.15, -0.1) is 0 Å². The maximum Gasteiger partial charge on any atom is 0.313 e. The van der Waals surface area contributed by atoms with Crippen LogP contribution < -0.4 is 0 Å². The van der Waals surface area contributed by atoms with Crippen molar-refractivity contribution in [2.24, 2.45) is 0 Å². The lowest BCUT2D eigenvalue weighted by molar-refractivity contribution is -0.142. The molecule has 0 bridgehead atoms. The number of hydrogen-bond donors (Lipinski definition) is 0. The Morgan fingerprint density at radius 1 is 1.23 bits per heavy atom. The molecule has 0 saturated heterocycles. The standard InChI is InChI=1S/C16H16N4O2/c1-3-22-16(21)10-14-17-11(2)20-15(18-14)9-13(19-20)12-7-5-4-6-8-12/h4-9H,3,10H2,1-2H3. The zero-order chi connectivity index (χ0) is 15.5. The summed E-state index contributed by atoms with van der Waals surface area (Å²) in [6.07, 6.45) is 0.0665. The average Bonchev–Trinajstić information content (AvgIpc) is 2.93. The van der Waals surface area contributed by atoms with E-state index < -0.39 is 0 Å². The molecular weight excluding hydrogens is 280 g/mol. The maximum atomic E-state index is 11.6. The van der Waals surface area contributed by atoms with E-state index in [1.54, 1.807) is 11.4 Å². The monoisotopic (exact) mass is 296 g/mol. The number of fused-ring (bicyclic) bond motifs is 1. The van der Waals surface area contributed by atoms with Crippen molar-refractivity contribution in [2.75, 3.05) is 6.61 Å². The zero-order valence-electron chi connectivity index (χ0n) is 12.5. The van der Waals surface area contributed by atoms with Crippen molar-refractivity contribution in [3.63, 3.8) is 0 Å². The van der Waals surface area contributed by atoms with Crippen LogP contribution in [0.25, 0.3) is 16.9 Å². The molecule has 2 heterocycles. The van der Waals surface area contributed by atoms with Gasteiger partial charge in [0.2, 0.25) is 0 Å². The Kier molecular flexibility index (Phi) is 3.82. The second-order valence-corrected chi connectivity index (χ2v) is 4.83. The third kappa shape index (κ3) is 2.81. The molecule has 6 heteroatoms. The Hall–Kier alpha value is -2.76. The van der Waals surface area contributed by atoms with Crippen molar-refractivity contribution in [1.29, 1.82) is 0 Å². The topological polar surface area (TPSA) is 69.4 Å². The number of nitrogens with zero attached hydrogens (tertiary/aromatic N) is 4. The van der Waals surface area contributed by atoms with Crippen molar-refractivity contribution < 1.29 is 9.53 Å². The van der Waals surface area contributed by atoms with E-state index >= 15 is 0 Å². The van der Waals surface area contributed by atoms with Crippen LogP contribution in [-0.2, 0) is 16.0 Å². The highest BCUT2D eigenvalue weighted by atomic mass is 16.5. The van der Waals surface area contributed by atoms with Gasteiger partial charge >= 0.3 is 5.97 Å². The molecule has 2 aromatic heterocycles. The van der Waals surface area contributed by atoms with Gasteiger partial charge in [-0.3, -0.25) is 4.79 Å². The molecule has 0 atom stereocenters. The third-order valence-corrected chi connectivity index (χ3v) is 3.21. The molecule has 112 valence electrons. The second-order valence-electron chi connectivity index (χ2n) is 4.83. The van der Waals surface area contributed by atoms with Gasteiger partial charge in [0.25, 0.3) is 0 Å². The first-order valence-electron chi connectivity index (χ1n) is 7.11. The van der Waals surface area contributed by atoms with Crippen LogP contribution in [0.3, 0.4) is 0 Å². The molecule has 3 aromatic rings. The van der Waals surface area contributed by atoms with Gasteiger partial charge in [-0.2, -0.15) is 5.10 Å². The maximum absolute atomic E-state index is 11.6. The van der Waals surface area contributed by atoms with E-state index in [-0.39, 0.29) is 12.4 Å². The van der Waals surface area contributed by atoms with E-state index in [4.69, 9.17) is 4.74 Å². The number of carbonyl (C=O) groups excluding carboxylic acids is 1. The number of benzene rings is 1. The summed E-state index contributed by atoms with van der Waals surface area (Å²) in [6.45, 7) is 3.96. The number of aromatic nitrogens is 4. The van der Waals surface area contributed by atoms with Crippen LogP contribution >= 0.6 is 0 Å². The molecule has 22 heavy (non-hydrogen) atoms. The van der Waals surface area contributed by atoms with Crippen LogP contribution in [-0.4, -0.2) is 32.2 Å². The summed E-state index contributed by atoms with van der Waals surface area (Å²) in [7, 11) is 0. The molecule has 0 amide bonds. The number of ether oxygens (including phenoxy) is 1. The molecule has 0 fully saturated rings. The van der Waals surface area contributed by atoms with Crippen molar-refractivity contribution >= 4 is 11.6 Å². The number of carbonyl (C=O) groups is 1. The minimum Gasteiger partial charge on any atom is -0.466 e. The van der Waals surface area contributed by atoms with Gasteiger partial charge in [0.05, 0.1) is 12.3 Å². The fraction of sp³-hybridized carbons (Fsp3) is 0.250. The minimum atomic E-state index is -0.325. The highest BCUT2D eigenvalue weighted by Crippen LogP contribution is 2.19. The Morgan fingerprint density at radius 2 is 2.00 bits per heavy atom. The summed E-state index contributed by atoms with van der Waals surface area (Å²) >= 11 is 0. The van der Waals surface area contributed by atoms with Gasteiger partial charge in [0.15, 0.2) is 5.65 Å². The van der Waals surface area contributed by atoms with Crippen molar-refractivity contribution in [3.8, 4) is 11.3 Å². The number of aryl methyl sites for hydroxylation is 1. The van der Waals surface area contributed by atoms with Crippen LogP contribution in [0.15, 0.2) is 36.4 Å². The molecular formula is C16H16N4O2. The van der Waals surface area contributed by atoms with Crippen molar-refractivity contribution in [2.45, 2.75) is 20.3 Å².